The van der Waals surface area contributed by atoms with Crippen molar-refractivity contribution < 1.29 is 29.0 Å². The number of hydrogen-bond acceptors (Lipinski definition) is 7. The van der Waals surface area contributed by atoms with E-state index in [0.717, 1.165) is 18.8 Å². The Morgan fingerprint density at radius 1 is 1.14 bits per heavy atom. The fourth-order valence-corrected chi connectivity index (χ4v) is 7.48. The standard InChI is InChI=1S/C33H47N3O6/c1-8-18-35(24-14-12-23(13-15-24)34(10-3)11-4)30(39)28-33-17-16-32(7,42-33)27(31(40)41-19-9-2)26(33)29(38)36(28)25(21-37)20-22(5)6/h8-9,12-15,22,25-28,37H,1-2,10-11,16-21H2,3-7H3/t25-,26+,27+,28?,32-,33?/m1/s1. The van der Waals surface area contributed by atoms with Crippen LogP contribution >= 0.6 is 0 Å². The maximum Gasteiger partial charge on any atom is 0.313 e. The number of amides is 2. The molecular formula is C33H47N3O6. The number of rotatable bonds is 14. The van der Waals surface area contributed by atoms with Gasteiger partial charge in [0.25, 0.3) is 5.91 Å². The number of carbonyl (C=O) groups excluding carboxylic acids is 3. The first kappa shape index (κ1) is 31.8. The SMILES string of the molecule is C=CCOC(=O)[C@@H]1[C@H]2C(=O)N([C@@H](CO)CC(C)C)C(C(=O)N(CC=C)c3ccc(N(CC)CC)cc3)C23CC[C@@]1(C)O3. The van der Waals surface area contributed by atoms with Crippen LogP contribution in [-0.4, -0.2) is 83.9 Å². The molecule has 3 aliphatic rings. The van der Waals surface area contributed by atoms with Crippen molar-refractivity contribution >= 4 is 29.2 Å². The molecule has 9 nitrogen and oxygen atoms in total. The Hall–Kier alpha value is -3.17. The molecule has 9 heteroatoms. The van der Waals surface area contributed by atoms with Crippen molar-refractivity contribution in [1.82, 2.24) is 4.90 Å². The minimum atomic E-state index is -1.22. The molecule has 2 amide bonds. The maximum absolute atomic E-state index is 14.8. The zero-order chi connectivity index (χ0) is 30.8. The molecule has 42 heavy (non-hydrogen) atoms. The lowest BCUT2D eigenvalue weighted by Gasteiger charge is -2.40. The van der Waals surface area contributed by atoms with Crippen molar-refractivity contribution in [2.75, 3.05) is 42.6 Å². The molecule has 2 unspecified atom stereocenters. The highest BCUT2D eigenvalue weighted by molar-refractivity contribution is 6.05. The van der Waals surface area contributed by atoms with Gasteiger partial charge in [-0.2, -0.15) is 0 Å². The zero-order valence-corrected chi connectivity index (χ0v) is 25.8. The number of anilines is 2. The first-order valence-corrected chi connectivity index (χ1v) is 15.2. The molecule has 4 rings (SSSR count). The number of ether oxygens (including phenoxy) is 2. The van der Waals surface area contributed by atoms with Gasteiger partial charge in [0, 0.05) is 31.0 Å². The van der Waals surface area contributed by atoms with Crippen LogP contribution < -0.4 is 9.80 Å². The molecule has 230 valence electrons. The van der Waals surface area contributed by atoms with E-state index < -0.39 is 41.1 Å². The number of aliphatic hydroxyl groups excluding tert-OH is 1. The second-order valence-electron chi connectivity index (χ2n) is 12.3. The van der Waals surface area contributed by atoms with Gasteiger partial charge in [-0.15, -0.1) is 6.58 Å². The van der Waals surface area contributed by atoms with Crippen LogP contribution in [0, 0.1) is 17.8 Å². The van der Waals surface area contributed by atoms with Gasteiger partial charge in [-0.3, -0.25) is 14.4 Å². The topological polar surface area (TPSA) is 99.6 Å². The molecule has 1 aromatic rings. The number of nitrogens with zero attached hydrogens (tertiary/aromatic N) is 3. The molecule has 0 saturated carbocycles. The van der Waals surface area contributed by atoms with E-state index in [-0.39, 0.29) is 37.5 Å². The third kappa shape index (κ3) is 5.26. The van der Waals surface area contributed by atoms with Gasteiger partial charge in [0.2, 0.25) is 5.91 Å². The number of esters is 1. The summed E-state index contributed by atoms with van der Waals surface area (Å²) in [6, 6.07) is 6.17. The fourth-order valence-electron chi connectivity index (χ4n) is 7.48. The van der Waals surface area contributed by atoms with Crippen molar-refractivity contribution in [2.24, 2.45) is 17.8 Å². The summed E-state index contributed by atoms with van der Waals surface area (Å²) in [5.41, 5.74) is -0.431. The summed E-state index contributed by atoms with van der Waals surface area (Å²) in [5, 5.41) is 10.5. The maximum atomic E-state index is 14.8. The molecule has 0 aromatic heterocycles. The summed E-state index contributed by atoms with van der Waals surface area (Å²) in [5.74, 6) is -2.77. The first-order chi connectivity index (χ1) is 20.0. The Balaban J connectivity index is 1.81. The molecule has 1 aromatic carbocycles. The lowest BCUT2D eigenvalue weighted by molar-refractivity contribution is -0.159. The summed E-state index contributed by atoms with van der Waals surface area (Å²) in [4.78, 5) is 48.0. The van der Waals surface area contributed by atoms with Crippen LogP contribution in [0.5, 0.6) is 0 Å². The van der Waals surface area contributed by atoms with E-state index in [1.807, 2.05) is 45.0 Å². The molecule has 3 fully saturated rings. The Morgan fingerprint density at radius 3 is 2.33 bits per heavy atom. The van der Waals surface area contributed by atoms with Gasteiger partial charge in [-0.1, -0.05) is 32.6 Å². The third-order valence-corrected chi connectivity index (χ3v) is 9.26. The zero-order valence-electron chi connectivity index (χ0n) is 25.8. The van der Waals surface area contributed by atoms with Crippen LogP contribution in [0.15, 0.2) is 49.6 Å². The van der Waals surface area contributed by atoms with Gasteiger partial charge in [0.05, 0.1) is 24.2 Å². The highest BCUT2D eigenvalue weighted by Crippen LogP contribution is 2.64. The number of hydrogen-bond donors (Lipinski definition) is 1. The normalized spacial score (nSPS) is 28.5. The molecule has 3 heterocycles. The molecule has 1 spiro atoms. The lowest BCUT2D eigenvalue weighted by Crippen LogP contribution is -2.59. The Morgan fingerprint density at radius 2 is 1.79 bits per heavy atom. The van der Waals surface area contributed by atoms with E-state index >= 15 is 0 Å². The van der Waals surface area contributed by atoms with E-state index in [4.69, 9.17) is 9.47 Å². The van der Waals surface area contributed by atoms with Crippen LogP contribution in [0.3, 0.4) is 0 Å². The number of fused-ring (bicyclic) bond motifs is 1. The summed E-state index contributed by atoms with van der Waals surface area (Å²) in [6.45, 7) is 19.2. The molecule has 6 atom stereocenters. The van der Waals surface area contributed by atoms with Crippen LogP contribution in [0.1, 0.15) is 53.9 Å². The van der Waals surface area contributed by atoms with Crippen molar-refractivity contribution in [1.29, 1.82) is 0 Å². The average Bonchev–Trinajstić information content (AvgIpc) is 3.54. The summed E-state index contributed by atoms with van der Waals surface area (Å²) in [6.07, 6.45) is 4.60. The van der Waals surface area contributed by atoms with E-state index in [9.17, 15) is 19.5 Å². The smallest absolute Gasteiger partial charge is 0.313 e. The van der Waals surface area contributed by atoms with E-state index in [2.05, 4.69) is 31.9 Å². The van der Waals surface area contributed by atoms with Crippen LogP contribution in [0.4, 0.5) is 11.4 Å². The van der Waals surface area contributed by atoms with Crippen LogP contribution in [0.2, 0.25) is 0 Å². The highest BCUT2D eigenvalue weighted by Gasteiger charge is 2.79. The quantitative estimate of drug-likeness (QED) is 0.262. The minimum Gasteiger partial charge on any atom is -0.461 e. The largest absolute Gasteiger partial charge is 0.461 e. The number of aliphatic hydroxyl groups is 1. The Bertz CT molecular complexity index is 1180. The van der Waals surface area contributed by atoms with Crippen LogP contribution in [-0.2, 0) is 23.9 Å². The molecule has 0 radical (unpaired) electrons. The van der Waals surface area contributed by atoms with Gasteiger partial charge in [0.15, 0.2) is 0 Å². The predicted molar refractivity (Wildman–Crippen MR) is 163 cm³/mol. The number of likely N-dealkylation sites (tertiary alicyclic amines) is 1. The van der Waals surface area contributed by atoms with Gasteiger partial charge in [0.1, 0.15) is 24.2 Å². The summed E-state index contributed by atoms with van der Waals surface area (Å²) in [7, 11) is 0. The van der Waals surface area contributed by atoms with Gasteiger partial charge in [-0.05, 0) is 70.2 Å². The van der Waals surface area contributed by atoms with Crippen molar-refractivity contribution in [3.8, 4) is 0 Å². The molecule has 0 aliphatic carbocycles. The van der Waals surface area contributed by atoms with E-state index in [0.29, 0.717) is 24.9 Å². The van der Waals surface area contributed by atoms with E-state index in [1.54, 1.807) is 11.0 Å². The predicted octanol–water partition coefficient (Wildman–Crippen LogP) is 3.95. The summed E-state index contributed by atoms with van der Waals surface area (Å²) < 4.78 is 12.2. The fraction of sp³-hybridized carbons (Fsp3) is 0.606. The highest BCUT2D eigenvalue weighted by atomic mass is 16.6. The van der Waals surface area contributed by atoms with Gasteiger partial charge in [-0.25, -0.2) is 0 Å². The van der Waals surface area contributed by atoms with E-state index in [1.165, 1.54) is 11.0 Å². The Labute approximate surface area is 250 Å². The molecular weight excluding hydrogens is 534 g/mol. The van der Waals surface area contributed by atoms with Gasteiger partial charge >= 0.3 is 5.97 Å². The monoisotopic (exact) mass is 581 g/mol. The lowest BCUT2D eigenvalue weighted by atomic mass is 9.66. The molecule has 1 N–H and O–H groups in total. The Kier molecular flexibility index (Phi) is 9.52. The van der Waals surface area contributed by atoms with Crippen molar-refractivity contribution in [3.63, 3.8) is 0 Å². The number of carbonyl (C=O) groups is 3. The molecule has 2 bridgehead atoms. The molecule has 3 aliphatic heterocycles. The van der Waals surface area contributed by atoms with Gasteiger partial charge < -0.3 is 29.3 Å². The van der Waals surface area contributed by atoms with Crippen molar-refractivity contribution in [3.05, 3.63) is 49.6 Å². The van der Waals surface area contributed by atoms with Crippen LogP contribution in [0.25, 0.3) is 0 Å². The average molecular weight is 582 g/mol. The third-order valence-electron chi connectivity index (χ3n) is 9.26. The second-order valence-corrected chi connectivity index (χ2v) is 12.3. The number of benzene rings is 1. The second kappa shape index (κ2) is 12.6. The molecule has 3 saturated heterocycles. The van der Waals surface area contributed by atoms with Crippen molar-refractivity contribution in [2.45, 2.75) is 77.2 Å². The summed E-state index contributed by atoms with van der Waals surface area (Å²) >= 11 is 0. The first-order valence-electron chi connectivity index (χ1n) is 15.2. The minimum absolute atomic E-state index is 0.0224.